The van der Waals surface area contributed by atoms with Crippen LogP contribution in [0.1, 0.15) is 60.4 Å². The third-order valence-corrected chi connectivity index (χ3v) is 3.81. The lowest BCUT2D eigenvalue weighted by atomic mass is 9.89. The first-order valence-electron chi connectivity index (χ1n) is 7.80. The Labute approximate surface area is 140 Å². The summed E-state index contributed by atoms with van der Waals surface area (Å²) in [5, 5.41) is 16.2. The maximum absolute atomic E-state index is 12.0. The Hall–Kier alpha value is -2.88. The Morgan fingerprint density at radius 1 is 1.50 bits per heavy atom. The van der Waals surface area contributed by atoms with Crippen LogP contribution in [0, 0.1) is 11.3 Å². The van der Waals surface area contributed by atoms with Crippen molar-refractivity contribution in [3.8, 4) is 17.2 Å². The van der Waals surface area contributed by atoms with Crippen molar-refractivity contribution in [1.29, 1.82) is 5.26 Å². The zero-order valence-corrected chi connectivity index (χ0v) is 14.3. The number of aromatic nitrogens is 3. The summed E-state index contributed by atoms with van der Waals surface area (Å²) in [7, 11) is 1.30. The van der Waals surface area contributed by atoms with Gasteiger partial charge in [-0.15, -0.1) is 0 Å². The first-order chi connectivity index (χ1) is 11.5. The van der Waals surface area contributed by atoms with Gasteiger partial charge in [-0.05, 0) is 17.9 Å². The molecule has 2 aromatic heterocycles. The molecule has 2 heterocycles. The smallest absolute Gasteiger partial charge is 0.356 e. The van der Waals surface area contributed by atoms with Gasteiger partial charge in [0.2, 0.25) is 0 Å². The lowest BCUT2D eigenvalue weighted by molar-refractivity contribution is 0.0595. The van der Waals surface area contributed by atoms with E-state index in [-0.39, 0.29) is 23.0 Å². The summed E-state index contributed by atoms with van der Waals surface area (Å²) in [6.07, 6.45) is 3.11. The van der Waals surface area contributed by atoms with E-state index in [1.165, 1.54) is 13.3 Å². The van der Waals surface area contributed by atoms with Crippen molar-refractivity contribution in [1.82, 2.24) is 15.2 Å². The fraction of sp³-hybridized carbons (Fsp3) is 0.412. The summed E-state index contributed by atoms with van der Waals surface area (Å²) in [5.74, 6) is -0.253. The van der Waals surface area contributed by atoms with E-state index in [4.69, 9.17) is 10.5 Å². The van der Waals surface area contributed by atoms with Crippen LogP contribution in [0.15, 0.2) is 6.20 Å². The monoisotopic (exact) mass is 327 g/mol. The maximum atomic E-state index is 12.0. The lowest BCUT2D eigenvalue weighted by Gasteiger charge is -2.18. The highest BCUT2D eigenvalue weighted by molar-refractivity contribution is 5.97. The molecule has 0 spiro atoms. The average molecular weight is 327 g/mol. The second kappa shape index (κ2) is 7.13. The van der Waals surface area contributed by atoms with Crippen LogP contribution < -0.4 is 5.73 Å². The summed E-state index contributed by atoms with van der Waals surface area (Å²) in [6, 6.07) is 2.12. The standard InChI is InChI=1S/C17H21N5O2/c1-5-6-10-13(12-8-20-22-15(12)17(23)24-4)11(7-18)16(19)21-14(10)9(2)3/h8-9H,5-6H2,1-4H3,(H2,19,21)(H,20,22). The molecule has 0 aliphatic rings. The minimum atomic E-state index is -0.546. The molecule has 0 radical (unpaired) electrons. The van der Waals surface area contributed by atoms with Crippen LogP contribution in [-0.2, 0) is 11.2 Å². The number of nitrogens with one attached hydrogen (secondary N) is 1. The molecule has 0 bridgehead atoms. The molecular weight excluding hydrogens is 306 g/mol. The third kappa shape index (κ3) is 2.95. The number of esters is 1. The fourth-order valence-corrected chi connectivity index (χ4v) is 2.78. The number of carbonyl (C=O) groups is 1. The Morgan fingerprint density at radius 3 is 2.75 bits per heavy atom. The van der Waals surface area contributed by atoms with E-state index in [0.29, 0.717) is 11.1 Å². The van der Waals surface area contributed by atoms with E-state index < -0.39 is 5.97 Å². The predicted octanol–water partition coefficient (Wildman–Crippen LogP) is 2.79. The molecule has 0 aromatic carbocycles. The van der Waals surface area contributed by atoms with Crippen LogP contribution >= 0.6 is 0 Å². The normalized spacial score (nSPS) is 10.7. The molecule has 7 nitrogen and oxygen atoms in total. The number of nitrogens with two attached hydrogens (primary N) is 1. The van der Waals surface area contributed by atoms with Gasteiger partial charge in [-0.25, -0.2) is 9.78 Å². The number of nitrogen functional groups attached to an aromatic ring is 1. The second-order valence-electron chi connectivity index (χ2n) is 5.78. The molecule has 0 atom stereocenters. The van der Waals surface area contributed by atoms with Crippen LogP contribution in [0.5, 0.6) is 0 Å². The number of pyridine rings is 1. The number of nitrogens with zero attached hydrogens (tertiary/aromatic N) is 3. The van der Waals surface area contributed by atoms with Crippen LogP contribution in [0.25, 0.3) is 11.1 Å². The highest BCUT2D eigenvalue weighted by atomic mass is 16.5. The van der Waals surface area contributed by atoms with Gasteiger partial charge in [0.1, 0.15) is 17.5 Å². The van der Waals surface area contributed by atoms with Gasteiger partial charge >= 0.3 is 5.97 Å². The predicted molar refractivity (Wildman–Crippen MR) is 90.4 cm³/mol. The second-order valence-corrected chi connectivity index (χ2v) is 5.78. The number of carbonyl (C=O) groups excluding carboxylic acids is 1. The number of rotatable bonds is 5. The summed E-state index contributed by atoms with van der Waals surface area (Å²) >= 11 is 0. The highest BCUT2D eigenvalue weighted by Gasteiger charge is 2.25. The largest absolute Gasteiger partial charge is 0.464 e. The molecule has 0 aliphatic heterocycles. The highest BCUT2D eigenvalue weighted by Crippen LogP contribution is 2.36. The van der Waals surface area contributed by atoms with E-state index in [2.05, 4.69) is 21.3 Å². The van der Waals surface area contributed by atoms with Crippen LogP contribution in [0.4, 0.5) is 5.82 Å². The van der Waals surface area contributed by atoms with E-state index in [0.717, 1.165) is 24.1 Å². The van der Waals surface area contributed by atoms with Crippen molar-refractivity contribution in [3.05, 3.63) is 28.7 Å². The number of methoxy groups -OCH3 is 1. The summed E-state index contributed by atoms with van der Waals surface area (Å²) < 4.78 is 4.80. The number of ether oxygens (including phenoxy) is 1. The average Bonchev–Trinajstić information content (AvgIpc) is 3.04. The van der Waals surface area contributed by atoms with Gasteiger partial charge in [-0.1, -0.05) is 27.2 Å². The molecule has 0 aliphatic carbocycles. The summed E-state index contributed by atoms with van der Waals surface area (Å²) in [4.78, 5) is 16.5. The van der Waals surface area contributed by atoms with Crippen LogP contribution in [-0.4, -0.2) is 28.3 Å². The number of aromatic amines is 1. The van der Waals surface area contributed by atoms with E-state index in [9.17, 15) is 10.1 Å². The molecule has 0 saturated heterocycles. The molecule has 2 rings (SSSR count). The van der Waals surface area contributed by atoms with Gasteiger partial charge in [0, 0.05) is 16.8 Å². The number of anilines is 1. The molecular formula is C17H21N5O2. The Bertz CT molecular complexity index is 802. The van der Waals surface area contributed by atoms with Gasteiger partial charge < -0.3 is 10.5 Å². The van der Waals surface area contributed by atoms with Gasteiger partial charge in [0.15, 0.2) is 5.69 Å². The van der Waals surface area contributed by atoms with Crippen LogP contribution in [0.2, 0.25) is 0 Å². The fourth-order valence-electron chi connectivity index (χ4n) is 2.78. The summed E-state index contributed by atoms with van der Waals surface area (Å²) in [6.45, 7) is 6.09. The quantitative estimate of drug-likeness (QED) is 0.815. The third-order valence-electron chi connectivity index (χ3n) is 3.81. The van der Waals surface area contributed by atoms with Gasteiger partial charge in [-0.2, -0.15) is 10.4 Å². The summed E-state index contributed by atoms with van der Waals surface area (Å²) in [5.41, 5.74) is 9.36. The molecule has 126 valence electrons. The van der Waals surface area contributed by atoms with Crippen LogP contribution in [0.3, 0.4) is 0 Å². The van der Waals surface area contributed by atoms with Gasteiger partial charge in [0.25, 0.3) is 0 Å². The molecule has 0 fully saturated rings. The molecule has 0 saturated carbocycles. The van der Waals surface area contributed by atoms with E-state index in [1.807, 2.05) is 20.8 Å². The maximum Gasteiger partial charge on any atom is 0.356 e. The topological polar surface area (TPSA) is 118 Å². The van der Waals surface area contributed by atoms with Crippen molar-refractivity contribution in [2.75, 3.05) is 12.8 Å². The number of hydrogen-bond acceptors (Lipinski definition) is 6. The Morgan fingerprint density at radius 2 is 2.21 bits per heavy atom. The molecule has 0 amide bonds. The molecule has 2 aromatic rings. The Kier molecular flexibility index (Phi) is 5.19. The zero-order chi connectivity index (χ0) is 17.9. The minimum Gasteiger partial charge on any atom is -0.464 e. The first-order valence-corrected chi connectivity index (χ1v) is 7.80. The Balaban J connectivity index is 2.88. The SMILES string of the molecule is CCCc1c(C(C)C)nc(N)c(C#N)c1-c1cn[nH]c1C(=O)OC. The van der Waals surface area contributed by atoms with E-state index in [1.54, 1.807) is 0 Å². The van der Waals surface area contributed by atoms with Crippen molar-refractivity contribution < 1.29 is 9.53 Å². The van der Waals surface area contributed by atoms with Crippen molar-refractivity contribution >= 4 is 11.8 Å². The molecule has 3 N–H and O–H groups in total. The van der Waals surface area contributed by atoms with Gasteiger partial charge in [0.05, 0.1) is 13.3 Å². The van der Waals surface area contributed by atoms with E-state index >= 15 is 0 Å². The zero-order valence-electron chi connectivity index (χ0n) is 14.3. The first kappa shape index (κ1) is 17.5. The molecule has 0 unspecified atom stereocenters. The van der Waals surface area contributed by atoms with Crippen molar-refractivity contribution in [3.63, 3.8) is 0 Å². The van der Waals surface area contributed by atoms with Crippen molar-refractivity contribution in [2.45, 2.75) is 39.5 Å². The lowest BCUT2D eigenvalue weighted by Crippen LogP contribution is -2.11. The number of nitriles is 1. The number of H-pyrrole nitrogens is 1. The van der Waals surface area contributed by atoms with Crippen molar-refractivity contribution in [2.24, 2.45) is 0 Å². The van der Waals surface area contributed by atoms with Gasteiger partial charge in [-0.3, -0.25) is 5.10 Å². The minimum absolute atomic E-state index is 0.133. The number of hydrogen-bond donors (Lipinski definition) is 2. The molecule has 24 heavy (non-hydrogen) atoms. The molecule has 7 heteroatoms.